The van der Waals surface area contributed by atoms with Crippen LogP contribution in [0.5, 0.6) is 0 Å². The predicted molar refractivity (Wildman–Crippen MR) is 118 cm³/mol. The minimum absolute atomic E-state index is 0.135. The van der Waals surface area contributed by atoms with E-state index in [0.29, 0.717) is 23.0 Å². The molecule has 0 radical (unpaired) electrons. The lowest BCUT2D eigenvalue weighted by atomic mass is 10.1. The molecule has 0 aliphatic carbocycles. The maximum absolute atomic E-state index is 12.6. The summed E-state index contributed by atoms with van der Waals surface area (Å²) in [6.07, 6.45) is 1.80. The number of amides is 1. The molecule has 0 spiro atoms. The highest BCUT2D eigenvalue weighted by molar-refractivity contribution is 7.98. The zero-order valence-electron chi connectivity index (χ0n) is 16.4. The summed E-state index contributed by atoms with van der Waals surface area (Å²) in [5.41, 5.74) is 2.82. The summed E-state index contributed by atoms with van der Waals surface area (Å²) < 4.78 is 1.98. The molecule has 0 aliphatic rings. The third-order valence-electron chi connectivity index (χ3n) is 4.35. The van der Waals surface area contributed by atoms with Crippen molar-refractivity contribution < 1.29 is 4.79 Å². The van der Waals surface area contributed by atoms with Crippen molar-refractivity contribution in [2.75, 3.05) is 0 Å². The number of benzene rings is 2. The molecule has 5 nitrogen and oxygen atoms in total. The van der Waals surface area contributed by atoms with Gasteiger partial charge in [-0.1, -0.05) is 59.3 Å². The Kier molecular flexibility index (Phi) is 7.12. The van der Waals surface area contributed by atoms with E-state index in [4.69, 9.17) is 11.6 Å². The van der Waals surface area contributed by atoms with Crippen LogP contribution < -0.4 is 5.32 Å². The molecule has 1 unspecified atom stereocenters. The van der Waals surface area contributed by atoms with Gasteiger partial charge in [-0.15, -0.1) is 16.8 Å². The van der Waals surface area contributed by atoms with E-state index in [1.165, 1.54) is 0 Å². The molecule has 1 aromatic heterocycles. The van der Waals surface area contributed by atoms with Crippen molar-refractivity contribution in [2.45, 2.75) is 37.3 Å². The van der Waals surface area contributed by atoms with Gasteiger partial charge in [0.05, 0.1) is 6.04 Å². The van der Waals surface area contributed by atoms with Gasteiger partial charge in [0.2, 0.25) is 0 Å². The van der Waals surface area contributed by atoms with Crippen LogP contribution in [0.1, 0.15) is 40.3 Å². The highest BCUT2D eigenvalue weighted by atomic mass is 35.5. The van der Waals surface area contributed by atoms with Crippen LogP contribution in [0, 0.1) is 6.92 Å². The van der Waals surface area contributed by atoms with Crippen LogP contribution in [0.4, 0.5) is 0 Å². The average molecular weight is 427 g/mol. The number of hydrogen-bond acceptors (Lipinski definition) is 4. The average Bonchev–Trinajstić information content (AvgIpc) is 3.10. The molecule has 29 heavy (non-hydrogen) atoms. The van der Waals surface area contributed by atoms with E-state index < -0.39 is 0 Å². The molecule has 0 saturated heterocycles. The fourth-order valence-electron chi connectivity index (χ4n) is 2.89. The number of aromatic nitrogens is 3. The normalized spacial score (nSPS) is 11.8. The molecule has 1 heterocycles. The Morgan fingerprint density at radius 2 is 2.03 bits per heavy atom. The molecule has 2 aromatic carbocycles. The summed E-state index contributed by atoms with van der Waals surface area (Å²) in [4.78, 5) is 12.6. The summed E-state index contributed by atoms with van der Waals surface area (Å²) in [5.74, 6) is 1.31. The van der Waals surface area contributed by atoms with Gasteiger partial charge < -0.3 is 9.88 Å². The van der Waals surface area contributed by atoms with Crippen molar-refractivity contribution in [3.63, 3.8) is 0 Å². The zero-order chi connectivity index (χ0) is 20.8. The second-order valence-corrected chi connectivity index (χ2v) is 8.10. The van der Waals surface area contributed by atoms with Gasteiger partial charge in [0.15, 0.2) is 11.0 Å². The third kappa shape index (κ3) is 5.49. The summed E-state index contributed by atoms with van der Waals surface area (Å²) in [7, 11) is 0. The number of carbonyl (C=O) groups is 1. The summed E-state index contributed by atoms with van der Waals surface area (Å²) in [6.45, 7) is 8.27. The second-order valence-electron chi connectivity index (χ2n) is 6.72. The smallest absolute Gasteiger partial charge is 0.251 e. The van der Waals surface area contributed by atoms with Crippen LogP contribution >= 0.6 is 23.4 Å². The Labute approximate surface area is 180 Å². The minimum atomic E-state index is -0.291. The van der Waals surface area contributed by atoms with Crippen LogP contribution in [0.25, 0.3) is 0 Å². The van der Waals surface area contributed by atoms with Gasteiger partial charge in [0, 0.05) is 22.9 Å². The standard InChI is InChI=1S/C22H23ClN4OS/c1-4-12-27-20(16(3)24-21(28)18-7-5-6-15(2)13-18)25-26-22(27)29-14-17-8-10-19(23)11-9-17/h4-11,13,16H,1,12,14H2,2-3H3,(H,24,28). The number of aryl methyl sites for hydroxylation is 1. The van der Waals surface area contributed by atoms with Crippen LogP contribution in [0.2, 0.25) is 5.02 Å². The maximum Gasteiger partial charge on any atom is 0.251 e. The number of thioether (sulfide) groups is 1. The number of nitrogens with one attached hydrogen (secondary N) is 1. The number of halogens is 1. The quantitative estimate of drug-likeness (QED) is 0.396. The first-order valence-electron chi connectivity index (χ1n) is 9.26. The Balaban J connectivity index is 1.73. The van der Waals surface area contributed by atoms with Gasteiger partial charge in [-0.25, -0.2) is 0 Å². The van der Waals surface area contributed by atoms with Crippen LogP contribution in [-0.4, -0.2) is 20.7 Å². The topological polar surface area (TPSA) is 59.8 Å². The van der Waals surface area contributed by atoms with E-state index in [9.17, 15) is 4.79 Å². The van der Waals surface area contributed by atoms with E-state index in [2.05, 4.69) is 22.1 Å². The molecule has 0 bridgehead atoms. The highest BCUT2D eigenvalue weighted by Crippen LogP contribution is 2.25. The summed E-state index contributed by atoms with van der Waals surface area (Å²) >= 11 is 7.54. The molecule has 0 aliphatic heterocycles. The molecule has 1 atom stereocenters. The fraction of sp³-hybridized carbons (Fsp3) is 0.227. The van der Waals surface area contributed by atoms with Crippen molar-refractivity contribution in [3.05, 3.63) is 88.7 Å². The van der Waals surface area contributed by atoms with Crippen molar-refractivity contribution in [1.29, 1.82) is 0 Å². The lowest BCUT2D eigenvalue weighted by Gasteiger charge is -2.15. The lowest BCUT2D eigenvalue weighted by molar-refractivity contribution is 0.0937. The number of hydrogen-bond donors (Lipinski definition) is 1. The largest absolute Gasteiger partial charge is 0.342 e. The van der Waals surface area contributed by atoms with Gasteiger partial charge in [0.1, 0.15) is 0 Å². The number of allylic oxidation sites excluding steroid dienone is 1. The zero-order valence-corrected chi connectivity index (χ0v) is 18.0. The van der Waals surface area contributed by atoms with Gasteiger partial charge in [-0.2, -0.15) is 0 Å². The molecule has 7 heteroatoms. The SMILES string of the molecule is C=CCn1c(SCc2ccc(Cl)cc2)nnc1C(C)NC(=O)c1cccc(C)c1. The predicted octanol–water partition coefficient (Wildman–Crippen LogP) is 5.21. The van der Waals surface area contributed by atoms with Gasteiger partial charge in [-0.3, -0.25) is 4.79 Å². The Morgan fingerprint density at radius 3 is 2.72 bits per heavy atom. The molecular weight excluding hydrogens is 404 g/mol. The Morgan fingerprint density at radius 1 is 1.28 bits per heavy atom. The molecule has 0 saturated carbocycles. The van der Waals surface area contributed by atoms with E-state index in [1.807, 2.05) is 60.9 Å². The number of rotatable bonds is 8. The monoisotopic (exact) mass is 426 g/mol. The first-order valence-corrected chi connectivity index (χ1v) is 10.6. The van der Waals surface area contributed by atoms with Crippen LogP contribution in [0.15, 0.2) is 66.3 Å². The molecule has 150 valence electrons. The molecule has 1 amide bonds. The Bertz CT molecular complexity index is 1000. The van der Waals surface area contributed by atoms with E-state index in [-0.39, 0.29) is 11.9 Å². The van der Waals surface area contributed by atoms with Gasteiger partial charge in [-0.05, 0) is 43.7 Å². The Hall–Kier alpha value is -2.57. The van der Waals surface area contributed by atoms with Crippen molar-refractivity contribution >= 4 is 29.3 Å². The van der Waals surface area contributed by atoms with Gasteiger partial charge >= 0.3 is 0 Å². The third-order valence-corrected chi connectivity index (χ3v) is 5.64. The van der Waals surface area contributed by atoms with E-state index >= 15 is 0 Å². The summed E-state index contributed by atoms with van der Waals surface area (Å²) in [6, 6.07) is 15.0. The van der Waals surface area contributed by atoms with Crippen molar-refractivity contribution in [1.82, 2.24) is 20.1 Å². The number of nitrogens with zero attached hydrogens (tertiary/aromatic N) is 3. The minimum Gasteiger partial charge on any atom is -0.342 e. The molecule has 3 rings (SSSR count). The second kappa shape index (κ2) is 9.76. The van der Waals surface area contributed by atoms with E-state index in [1.54, 1.807) is 23.9 Å². The maximum atomic E-state index is 12.6. The first-order chi connectivity index (χ1) is 14.0. The molecule has 0 fully saturated rings. The first kappa shape index (κ1) is 21.1. The van der Waals surface area contributed by atoms with Crippen molar-refractivity contribution in [2.24, 2.45) is 0 Å². The lowest BCUT2D eigenvalue weighted by Crippen LogP contribution is -2.28. The molecule has 1 N–H and O–H groups in total. The van der Waals surface area contributed by atoms with Gasteiger partial charge in [0.25, 0.3) is 5.91 Å². The van der Waals surface area contributed by atoms with Crippen LogP contribution in [-0.2, 0) is 12.3 Å². The molecular formula is C22H23ClN4OS. The highest BCUT2D eigenvalue weighted by Gasteiger charge is 2.20. The summed E-state index contributed by atoms with van der Waals surface area (Å²) in [5, 5.41) is 13.2. The van der Waals surface area contributed by atoms with Crippen LogP contribution in [0.3, 0.4) is 0 Å². The molecule has 3 aromatic rings. The van der Waals surface area contributed by atoms with E-state index in [0.717, 1.165) is 22.0 Å². The fourth-order valence-corrected chi connectivity index (χ4v) is 3.92. The number of carbonyl (C=O) groups excluding carboxylic acids is 1. The van der Waals surface area contributed by atoms with Crippen molar-refractivity contribution in [3.8, 4) is 0 Å².